The number of hydrogen-bond acceptors (Lipinski definition) is 3. The van der Waals surface area contributed by atoms with Crippen molar-refractivity contribution in [2.75, 3.05) is 18.5 Å². The summed E-state index contributed by atoms with van der Waals surface area (Å²) in [5.74, 6) is 0.885. The van der Waals surface area contributed by atoms with E-state index in [1.54, 1.807) is 0 Å². The minimum Gasteiger partial charge on any atom is -0.491 e. The van der Waals surface area contributed by atoms with Crippen LogP contribution < -0.4 is 10.1 Å². The van der Waals surface area contributed by atoms with Gasteiger partial charge in [-0.2, -0.15) is 0 Å². The van der Waals surface area contributed by atoms with Crippen LogP contribution in [0, 0.1) is 0 Å². The van der Waals surface area contributed by atoms with Crippen molar-refractivity contribution in [3.8, 4) is 5.75 Å². The van der Waals surface area contributed by atoms with E-state index in [-0.39, 0.29) is 0 Å². The van der Waals surface area contributed by atoms with E-state index >= 15 is 0 Å². The Labute approximate surface area is 126 Å². The van der Waals surface area contributed by atoms with E-state index in [9.17, 15) is 0 Å². The van der Waals surface area contributed by atoms with Crippen LogP contribution in [0.15, 0.2) is 18.2 Å². The molecule has 0 radical (unpaired) electrons. The Morgan fingerprint density at radius 3 is 3.00 bits per heavy atom. The van der Waals surface area contributed by atoms with Crippen LogP contribution in [0.4, 0.5) is 5.69 Å². The second-order valence-electron chi connectivity index (χ2n) is 5.26. The molecule has 4 heteroatoms. The number of halogens is 1. The van der Waals surface area contributed by atoms with Crippen molar-refractivity contribution < 1.29 is 9.47 Å². The smallest absolute Gasteiger partial charge is 0.142 e. The predicted octanol–water partition coefficient (Wildman–Crippen LogP) is 4.50. The summed E-state index contributed by atoms with van der Waals surface area (Å²) in [5.41, 5.74) is 0.993. The zero-order valence-electron chi connectivity index (χ0n) is 12.3. The van der Waals surface area contributed by atoms with Gasteiger partial charge >= 0.3 is 0 Å². The van der Waals surface area contributed by atoms with E-state index in [1.165, 1.54) is 0 Å². The third-order valence-corrected chi connectivity index (χ3v) is 3.82. The van der Waals surface area contributed by atoms with Gasteiger partial charge in [0.05, 0.1) is 18.4 Å². The molecule has 1 aromatic carbocycles. The van der Waals surface area contributed by atoms with Crippen molar-refractivity contribution in [2.24, 2.45) is 0 Å². The summed E-state index contributed by atoms with van der Waals surface area (Å²) in [6.45, 7) is 5.82. The summed E-state index contributed by atoms with van der Waals surface area (Å²) in [5, 5.41) is 4.31. The van der Waals surface area contributed by atoms with Crippen LogP contribution in [-0.4, -0.2) is 25.4 Å². The summed E-state index contributed by atoms with van der Waals surface area (Å²) in [6.07, 6.45) is 4.48. The first kappa shape index (κ1) is 15.5. The average Bonchev–Trinajstić information content (AvgIpc) is 2.47. The van der Waals surface area contributed by atoms with Gasteiger partial charge < -0.3 is 14.8 Å². The molecular weight excluding hydrogens is 274 g/mol. The molecule has 0 spiro atoms. The highest BCUT2D eigenvalue weighted by atomic mass is 35.5. The van der Waals surface area contributed by atoms with Crippen LogP contribution >= 0.6 is 11.6 Å². The lowest BCUT2D eigenvalue weighted by Crippen LogP contribution is -2.33. The van der Waals surface area contributed by atoms with E-state index < -0.39 is 0 Å². The zero-order valence-corrected chi connectivity index (χ0v) is 13.1. The van der Waals surface area contributed by atoms with Crippen LogP contribution in [0.1, 0.15) is 39.5 Å². The maximum Gasteiger partial charge on any atom is 0.142 e. The van der Waals surface area contributed by atoms with E-state index in [1.807, 2.05) is 18.2 Å². The molecule has 2 atom stereocenters. The standard InChI is InChI=1S/C16H24ClNO2/c1-3-8-20-16-6-5-12(17)10-15(16)18-13-7-9-19-14(4-2)11-13/h5-6,10,13-14,18H,3-4,7-9,11H2,1-2H3. The van der Waals surface area contributed by atoms with E-state index in [0.29, 0.717) is 12.1 Å². The number of hydrogen-bond donors (Lipinski definition) is 1. The third kappa shape index (κ3) is 4.29. The Hall–Kier alpha value is -0.930. The Morgan fingerprint density at radius 1 is 1.40 bits per heavy atom. The number of benzene rings is 1. The molecule has 1 aliphatic rings. The lowest BCUT2D eigenvalue weighted by molar-refractivity contribution is 0.00922. The number of nitrogens with one attached hydrogen (secondary N) is 1. The molecular formula is C16H24ClNO2. The fourth-order valence-corrected chi connectivity index (χ4v) is 2.64. The van der Waals surface area contributed by atoms with E-state index in [4.69, 9.17) is 21.1 Å². The summed E-state index contributed by atoms with van der Waals surface area (Å²) in [4.78, 5) is 0. The highest BCUT2D eigenvalue weighted by Crippen LogP contribution is 2.30. The Kier molecular flexibility index (Phi) is 5.99. The summed E-state index contributed by atoms with van der Waals surface area (Å²) in [7, 11) is 0. The van der Waals surface area contributed by atoms with Gasteiger partial charge in [-0.05, 0) is 43.9 Å². The van der Waals surface area contributed by atoms with Crippen LogP contribution in [0.5, 0.6) is 5.75 Å². The molecule has 0 bridgehead atoms. The fraction of sp³-hybridized carbons (Fsp3) is 0.625. The number of rotatable bonds is 6. The van der Waals surface area contributed by atoms with Gasteiger partial charge in [-0.15, -0.1) is 0 Å². The van der Waals surface area contributed by atoms with Crippen molar-refractivity contribution in [1.82, 2.24) is 0 Å². The van der Waals surface area contributed by atoms with Gasteiger partial charge in [0.15, 0.2) is 0 Å². The molecule has 20 heavy (non-hydrogen) atoms. The molecule has 1 aliphatic heterocycles. The lowest BCUT2D eigenvalue weighted by Gasteiger charge is -2.30. The molecule has 3 nitrogen and oxygen atoms in total. The van der Waals surface area contributed by atoms with Crippen LogP contribution in [0.2, 0.25) is 5.02 Å². The lowest BCUT2D eigenvalue weighted by atomic mass is 10.0. The minimum absolute atomic E-state index is 0.362. The molecule has 1 aromatic rings. The molecule has 1 saturated heterocycles. The molecule has 112 valence electrons. The molecule has 1 heterocycles. The van der Waals surface area contributed by atoms with Crippen molar-refractivity contribution in [3.05, 3.63) is 23.2 Å². The topological polar surface area (TPSA) is 30.5 Å². The Balaban J connectivity index is 2.04. The predicted molar refractivity (Wildman–Crippen MR) is 83.9 cm³/mol. The highest BCUT2D eigenvalue weighted by Gasteiger charge is 2.22. The van der Waals surface area contributed by atoms with Crippen molar-refractivity contribution in [3.63, 3.8) is 0 Å². The Bertz CT molecular complexity index is 425. The molecule has 0 aromatic heterocycles. The van der Waals surface area contributed by atoms with Crippen LogP contribution in [0.3, 0.4) is 0 Å². The second-order valence-corrected chi connectivity index (χ2v) is 5.69. The number of anilines is 1. The molecule has 0 amide bonds. The van der Waals surface area contributed by atoms with Crippen molar-refractivity contribution in [1.29, 1.82) is 0 Å². The van der Waals surface area contributed by atoms with Crippen molar-refractivity contribution >= 4 is 17.3 Å². The molecule has 0 aliphatic carbocycles. The van der Waals surface area contributed by atoms with Gasteiger partial charge in [0, 0.05) is 17.7 Å². The van der Waals surface area contributed by atoms with Gasteiger partial charge in [-0.1, -0.05) is 25.4 Å². The first-order valence-electron chi connectivity index (χ1n) is 7.53. The third-order valence-electron chi connectivity index (χ3n) is 3.59. The fourth-order valence-electron chi connectivity index (χ4n) is 2.47. The minimum atomic E-state index is 0.362. The van der Waals surface area contributed by atoms with Crippen LogP contribution in [-0.2, 0) is 4.74 Å². The van der Waals surface area contributed by atoms with E-state index in [0.717, 1.165) is 55.4 Å². The van der Waals surface area contributed by atoms with Crippen molar-refractivity contribution in [2.45, 2.75) is 51.7 Å². The van der Waals surface area contributed by atoms with E-state index in [2.05, 4.69) is 19.2 Å². The number of ether oxygens (including phenoxy) is 2. The second kappa shape index (κ2) is 7.75. The normalized spacial score (nSPS) is 22.6. The van der Waals surface area contributed by atoms with Gasteiger partial charge in [0.25, 0.3) is 0 Å². The summed E-state index contributed by atoms with van der Waals surface area (Å²) < 4.78 is 11.5. The zero-order chi connectivity index (χ0) is 14.4. The maximum atomic E-state index is 6.10. The quantitative estimate of drug-likeness (QED) is 0.838. The molecule has 1 N–H and O–H groups in total. The first-order chi connectivity index (χ1) is 9.72. The molecule has 1 fully saturated rings. The average molecular weight is 298 g/mol. The highest BCUT2D eigenvalue weighted by molar-refractivity contribution is 6.30. The summed E-state index contributed by atoms with van der Waals surface area (Å²) >= 11 is 6.10. The van der Waals surface area contributed by atoms with Gasteiger partial charge in [-0.3, -0.25) is 0 Å². The first-order valence-corrected chi connectivity index (χ1v) is 7.91. The van der Waals surface area contributed by atoms with Crippen LogP contribution in [0.25, 0.3) is 0 Å². The molecule has 2 rings (SSSR count). The summed E-state index contributed by atoms with van der Waals surface area (Å²) in [6, 6.07) is 6.19. The molecule has 0 saturated carbocycles. The Morgan fingerprint density at radius 2 is 2.25 bits per heavy atom. The maximum absolute atomic E-state index is 6.10. The van der Waals surface area contributed by atoms with Gasteiger partial charge in [0.2, 0.25) is 0 Å². The van der Waals surface area contributed by atoms with Gasteiger partial charge in [0.1, 0.15) is 5.75 Å². The largest absolute Gasteiger partial charge is 0.491 e. The SMILES string of the molecule is CCCOc1ccc(Cl)cc1NC1CCOC(CC)C1. The van der Waals surface area contributed by atoms with Gasteiger partial charge in [-0.25, -0.2) is 0 Å². The monoisotopic (exact) mass is 297 g/mol. The molecule has 2 unspecified atom stereocenters.